The third-order valence-corrected chi connectivity index (χ3v) is 4.10. The summed E-state index contributed by atoms with van der Waals surface area (Å²) in [5, 5.41) is 14.2. The summed E-state index contributed by atoms with van der Waals surface area (Å²) in [4.78, 5) is 8.82. The van der Waals surface area contributed by atoms with Crippen molar-refractivity contribution in [3.8, 4) is 0 Å². The highest BCUT2D eigenvalue weighted by atomic mass is 35.5. The van der Waals surface area contributed by atoms with Gasteiger partial charge in [-0.15, -0.1) is 0 Å². The van der Waals surface area contributed by atoms with Crippen molar-refractivity contribution in [2.75, 3.05) is 7.05 Å². The third-order valence-electron chi connectivity index (χ3n) is 3.87. The molecule has 2 aromatic rings. The van der Waals surface area contributed by atoms with Crippen LogP contribution in [0.15, 0.2) is 70.3 Å². The molecule has 0 atom stereocenters. The van der Waals surface area contributed by atoms with Crippen LogP contribution in [0.2, 0.25) is 5.02 Å². The van der Waals surface area contributed by atoms with Crippen molar-refractivity contribution in [1.82, 2.24) is 5.06 Å². The molecule has 0 fully saturated rings. The first-order chi connectivity index (χ1) is 11.6. The van der Waals surface area contributed by atoms with E-state index in [9.17, 15) is 5.21 Å². The predicted molar refractivity (Wildman–Crippen MR) is 96.5 cm³/mol. The van der Waals surface area contributed by atoms with E-state index in [2.05, 4.69) is 9.98 Å². The zero-order valence-corrected chi connectivity index (χ0v) is 14.3. The van der Waals surface area contributed by atoms with Crippen molar-refractivity contribution in [2.24, 2.45) is 9.98 Å². The molecule has 24 heavy (non-hydrogen) atoms. The van der Waals surface area contributed by atoms with Gasteiger partial charge in [-0.1, -0.05) is 48.9 Å². The minimum absolute atomic E-state index is 0.557. The Morgan fingerprint density at radius 2 is 1.92 bits per heavy atom. The molecular formula is C19H18ClN3O. The fourth-order valence-corrected chi connectivity index (χ4v) is 2.83. The lowest BCUT2D eigenvalue weighted by molar-refractivity contribution is 0.00596. The molecule has 3 rings (SSSR count). The second-order valence-electron chi connectivity index (χ2n) is 5.37. The third kappa shape index (κ3) is 3.11. The highest BCUT2D eigenvalue weighted by Gasteiger charge is 2.17. The molecule has 4 nitrogen and oxygen atoms in total. The standard InChI is InChI=1S/C19H18ClN3O/c1-3-15-12-18(21-2)22-17-10-9-14(20)11-16(17)19(23(15)24)13-7-5-4-6-8-13/h4-12,24H,3H2,1-2H3/b15-12-,19-16-,21-18?,22-17?. The van der Waals surface area contributed by atoms with Crippen molar-refractivity contribution >= 4 is 23.1 Å². The molecule has 2 aromatic carbocycles. The molecular weight excluding hydrogens is 322 g/mol. The quantitative estimate of drug-likeness (QED) is 0.913. The first-order valence-corrected chi connectivity index (χ1v) is 8.12. The molecule has 0 aliphatic carbocycles. The van der Waals surface area contributed by atoms with Gasteiger partial charge in [0.15, 0.2) is 0 Å². The van der Waals surface area contributed by atoms with Gasteiger partial charge in [0.2, 0.25) is 0 Å². The van der Waals surface area contributed by atoms with Crippen molar-refractivity contribution in [2.45, 2.75) is 13.3 Å². The van der Waals surface area contributed by atoms with E-state index in [1.54, 1.807) is 19.2 Å². The van der Waals surface area contributed by atoms with Gasteiger partial charge < -0.3 is 0 Å². The molecule has 0 spiro atoms. The minimum Gasteiger partial charge on any atom is -0.284 e. The van der Waals surface area contributed by atoms with Crippen LogP contribution in [0.1, 0.15) is 18.9 Å². The molecule has 0 unspecified atom stereocenters. The Morgan fingerprint density at radius 3 is 2.58 bits per heavy atom. The van der Waals surface area contributed by atoms with Crippen molar-refractivity contribution in [3.05, 3.63) is 81.5 Å². The number of allylic oxidation sites excluding steroid dienone is 1. The van der Waals surface area contributed by atoms with Gasteiger partial charge >= 0.3 is 0 Å². The number of amidine groups is 1. The van der Waals surface area contributed by atoms with Gasteiger partial charge in [-0.3, -0.25) is 10.2 Å². The molecule has 1 aliphatic heterocycles. The smallest absolute Gasteiger partial charge is 0.149 e. The lowest BCUT2D eigenvalue weighted by Crippen LogP contribution is -2.36. The number of fused-ring (bicyclic) bond motifs is 1. The molecule has 1 N–H and O–H groups in total. The maximum absolute atomic E-state index is 10.9. The summed E-state index contributed by atoms with van der Waals surface area (Å²) >= 11 is 6.21. The lowest BCUT2D eigenvalue weighted by atomic mass is 10.1. The second-order valence-corrected chi connectivity index (χ2v) is 5.81. The number of rotatable bonds is 2. The first kappa shape index (κ1) is 16.4. The highest BCUT2D eigenvalue weighted by molar-refractivity contribution is 6.30. The van der Waals surface area contributed by atoms with Crippen LogP contribution >= 0.6 is 11.6 Å². The molecule has 0 aromatic heterocycles. The Bertz CT molecular complexity index is 933. The van der Waals surface area contributed by atoms with Crippen LogP contribution in [-0.2, 0) is 0 Å². The van der Waals surface area contributed by atoms with Crippen LogP contribution < -0.4 is 10.6 Å². The Morgan fingerprint density at radius 1 is 1.17 bits per heavy atom. The van der Waals surface area contributed by atoms with Crippen molar-refractivity contribution in [1.29, 1.82) is 0 Å². The lowest BCUT2D eigenvalue weighted by Gasteiger charge is -2.24. The Hall–Kier alpha value is -2.43. The summed E-state index contributed by atoms with van der Waals surface area (Å²) in [7, 11) is 1.68. The number of hydroxylamine groups is 2. The maximum Gasteiger partial charge on any atom is 0.149 e. The molecule has 0 saturated carbocycles. The fourth-order valence-electron chi connectivity index (χ4n) is 2.66. The zero-order chi connectivity index (χ0) is 17.1. The van der Waals surface area contributed by atoms with E-state index in [0.29, 0.717) is 34.0 Å². The Kier molecular flexibility index (Phi) is 4.79. The van der Waals surface area contributed by atoms with E-state index >= 15 is 0 Å². The van der Waals surface area contributed by atoms with Gasteiger partial charge in [0.25, 0.3) is 0 Å². The summed E-state index contributed by atoms with van der Waals surface area (Å²) in [6, 6.07) is 15.2. The van der Waals surface area contributed by atoms with Crippen molar-refractivity contribution < 1.29 is 5.21 Å². The van der Waals surface area contributed by atoms with Gasteiger partial charge in [-0.05, 0) is 24.6 Å². The highest BCUT2D eigenvalue weighted by Crippen LogP contribution is 2.21. The predicted octanol–water partition coefficient (Wildman–Crippen LogP) is 3.14. The Balaban J connectivity index is 2.48. The number of halogens is 1. The van der Waals surface area contributed by atoms with Gasteiger partial charge in [-0.25, -0.2) is 10.1 Å². The SMILES string of the molecule is CC/C1=C/C(=NC)N=c2ccc(Cl)c/c2=C(\c2ccccc2)N1O. The molecule has 1 aliphatic rings. The van der Waals surface area contributed by atoms with Gasteiger partial charge in [0, 0.05) is 28.9 Å². The van der Waals surface area contributed by atoms with Crippen LogP contribution in [0.3, 0.4) is 0 Å². The monoisotopic (exact) mass is 339 g/mol. The zero-order valence-electron chi connectivity index (χ0n) is 13.6. The van der Waals surface area contributed by atoms with E-state index in [1.807, 2.05) is 49.4 Å². The Labute approximate surface area is 145 Å². The van der Waals surface area contributed by atoms with Crippen LogP contribution in [0.25, 0.3) is 5.70 Å². The maximum atomic E-state index is 10.9. The van der Waals surface area contributed by atoms with Crippen LogP contribution in [-0.4, -0.2) is 23.2 Å². The molecule has 0 saturated heterocycles. The number of aliphatic imine (C=N–C) groups is 1. The number of nitrogens with zero attached hydrogens (tertiary/aromatic N) is 3. The van der Waals surface area contributed by atoms with E-state index in [4.69, 9.17) is 11.6 Å². The number of hydrogen-bond donors (Lipinski definition) is 1. The summed E-state index contributed by atoms with van der Waals surface area (Å²) in [6.07, 6.45) is 2.43. The fraction of sp³-hybridized carbons (Fsp3) is 0.158. The summed E-state index contributed by atoms with van der Waals surface area (Å²) < 4.78 is 0. The summed E-state index contributed by atoms with van der Waals surface area (Å²) in [5.41, 5.74) is 2.25. The average Bonchev–Trinajstić information content (AvgIpc) is 2.60. The topological polar surface area (TPSA) is 48.2 Å². The van der Waals surface area contributed by atoms with Crippen LogP contribution in [0, 0.1) is 0 Å². The number of hydrogen-bond acceptors (Lipinski definition) is 3. The molecule has 0 bridgehead atoms. The molecule has 122 valence electrons. The van der Waals surface area contributed by atoms with E-state index < -0.39 is 0 Å². The van der Waals surface area contributed by atoms with Gasteiger partial charge in [-0.2, -0.15) is 0 Å². The molecule has 0 amide bonds. The molecule has 5 heteroatoms. The van der Waals surface area contributed by atoms with E-state index in [1.165, 1.54) is 5.06 Å². The van der Waals surface area contributed by atoms with Crippen LogP contribution in [0.5, 0.6) is 0 Å². The summed E-state index contributed by atoms with van der Waals surface area (Å²) in [6.45, 7) is 1.98. The molecule has 0 radical (unpaired) electrons. The minimum atomic E-state index is 0.557. The molecule has 1 heterocycles. The first-order valence-electron chi connectivity index (χ1n) is 7.74. The number of benzene rings is 2. The van der Waals surface area contributed by atoms with Crippen molar-refractivity contribution in [3.63, 3.8) is 0 Å². The average molecular weight is 340 g/mol. The largest absolute Gasteiger partial charge is 0.284 e. The summed E-state index contributed by atoms with van der Waals surface area (Å²) in [5.74, 6) is 0.557. The van der Waals surface area contributed by atoms with E-state index in [-0.39, 0.29) is 0 Å². The van der Waals surface area contributed by atoms with Gasteiger partial charge in [0.1, 0.15) is 5.84 Å². The second kappa shape index (κ2) is 6.99. The van der Waals surface area contributed by atoms with Gasteiger partial charge in [0.05, 0.1) is 16.8 Å². The van der Waals surface area contributed by atoms with E-state index in [0.717, 1.165) is 10.8 Å². The normalized spacial score (nSPS) is 20.6. The van der Waals surface area contributed by atoms with Crippen LogP contribution in [0.4, 0.5) is 0 Å².